The van der Waals surface area contributed by atoms with Crippen molar-refractivity contribution in [3.05, 3.63) is 23.3 Å². The van der Waals surface area contributed by atoms with E-state index in [1.54, 1.807) is 19.1 Å². The minimum atomic E-state index is 0.0517. The van der Waals surface area contributed by atoms with Gasteiger partial charge in [-0.25, -0.2) is 0 Å². The van der Waals surface area contributed by atoms with Crippen molar-refractivity contribution in [2.45, 2.75) is 13.8 Å². The van der Waals surface area contributed by atoms with Gasteiger partial charge in [0, 0.05) is 11.1 Å². The molecule has 0 fully saturated rings. The Morgan fingerprint density at radius 1 is 1.38 bits per heavy atom. The number of ether oxygens (including phenoxy) is 2. The molecule has 0 spiro atoms. The normalized spacial score (nSPS) is 13.1. The predicted molar refractivity (Wildman–Crippen MR) is 47.3 cm³/mol. The molecule has 0 aromatic heterocycles. The summed E-state index contributed by atoms with van der Waals surface area (Å²) in [4.78, 5) is 11.2. The van der Waals surface area contributed by atoms with E-state index in [1.807, 2.05) is 6.92 Å². The van der Waals surface area contributed by atoms with Gasteiger partial charge in [-0.05, 0) is 26.0 Å². The van der Waals surface area contributed by atoms with Gasteiger partial charge in [0.25, 0.3) is 0 Å². The number of hydrogen-bond acceptors (Lipinski definition) is 3. The van der Waals surface area contributed by atoms with E-state index in [1.165, 1.54) is 0 Å². The Labute approximate surface area is 76.3 Å². The summed E-state index contributed by atoms with van der Waals surface area (Å²) in [6, 6.07) is 3.54. The average Bonchev–Trinajstić information content (AvgIpc) is 2.52. The highest BCUT2D eigenvalue weighted by Gasteiger charge is 2.19. The summed E-state index contributed by atoms with van der Waals surface area (Å²) in [7, 11) is 0. The van der Waals surface area contributed by atoms with Crippen molar-refractivity contribution in [2.24, 2.45) is 0 Å². The summed E-state index contributed by atoms with van der Waals surface area (Å²) in [5, 5.41) is 0. The number of carbonyl (C=O) groups is 1. The number of ketones is 1. The molecule has 1 aliphatic rings. The molecule has 0 saturated carbocycles. The van der Waals surface area contributed by atoms with Crippen molar-refractivity contribution in [3.8, 4) is 11.5 Å². The van der Waals surface area contributed by atoms with Gasteiger partial charge < -0.3 is 9.47 Å². The second-order valence-corrected chi connectivity index (χ2v) is 3.03. The summed E-state index contributed by atoms with van der Waals surface area (Å²) in [6.45, 7) is 3.66. The number of hydrogen-bond donors (Lipinski definition) is 0. The van der Waals surface area contributed by atoms with Crippen LogP contribution in [0.1, 0.15) is 22.8 Å². The van der Waals surface area contributed by atoms with E-state index in [4.69, 9.17) is 9.47 Å². The molecule has 68 valence electrons. The van der Waals surface area contributed by atoms with Gasteiger partial charge in [-0.3, -0.25) is 4.79 Å². The first-order valence-electron chi connectivity index (χ1n) is 4.10. The van der Waals surface area contributed by atoms with Gasteiger partial charge in [-0.15, -0.1) is 0 Å². The first-order valence-corrected chi connectivity index (χ1v) is 4.10. The van der Waals surface area contributed by atoms with Crippen molar-refractivity contribution in [3.63, 3.8) is 0 Å². The maximum atomic E-state index is 11.2. The molecule has 0 unspecified atom stereocenters. The standard InChI is InChI=1S/C10H10O3/c1-6-8(7(2)11)3-4-9-10(6)13-5-12-9/h3-4H,5H2,1-2H3. The van der Waals surface area contributed by atoms with Crippen LogP contribution in [0, 0.1) is 6.92 Å². The molecule has 2 rings (SSSR count). The predicted octanol–water partition coefficient (Wildman–Crippen LogP) is 1.93. The van der Waals surface area contributed by atoms with Crippen LogP contribution in [-0.2, 0) is 0 Å². The molecule has 0 N–H and O–H groups in total. The molecule has 13 heavy (non-hydrogen) atoms. The highest BCUT2D eigenvalue weighted by molar-refractivity contribution is 5.96. The molecule has 0 amide bonds. The molecule has 0 bridgehead atoms. The van der Waals surface area contributed by atoms with Gasteiger partial charge in [0.1, 0.15) is 0 Å². The van der Waals surface area contributed by atoms with E-state index in [9.17, 15) is 4.79 Å². The number of benzene rings is 1. The van der Waals surface area contributed by atoms with Crippen LogP contribution in [-0.4, -0.2) is 12.6 Å². The largest absolute Gasteiger partial charge is 0.454 e. The first-order chi connectivity index (χ1) is 6.20. The Morgan fingerprint density at radius 2 is 2.15 bits per heavy atom. The van der Waals surface area contributed by atoms with Gasteiger partial charge in [0.2, 0.25) is 6.79 Å². The number of carbonyl (C=O) groups excluding carboxylic acids is 1. The lowest BCUT2D eigenvalue weighted by Gasteiger charge is -2.04. The Kier molecular flexibility index (Phi) is 1.72. The van der Waals surface area contributed by atoms with E-state index >= 15 is 0 Å². The van der Waals surface area contributed by atoms with E-state index in [0.29, 0.717) is 11.3 Å². The maximum Gasteiger partial charge on any atom is 0.231 e. The number of fused-ring (bicyclic) bond motifs is 1. The summed E-state index contributed by atoms with van der Waals surface area (Å²) in [5.74, 6) is 1.48. The van der Waals surface area contributed by atoms with Crippen LogP contribution in [0.2, 0.25) is 0 Å². The highest BCUT2D eigenvalue weighted by atomic mass is 16.7. The Bertz CT molecular complexity index is 369. The molecule has 1 heterocycles. The van der Waals surface area contributed by atoms with Crippen LogP contribution in [0.4, 0.5) is 0 Å². The summed E-state index contributed by atoms with van der Waals surface area (Å²) in [6.07, 6.45) is 0. The lowest BCUT2D eigenvalue weighted by atomic mass is 10.0. The van der Waals surface area contributed by atoms with Gasteiger partial charge >= 0.3 is 0 Å². The van der Waals surface area contributed by atoms with Crippen LogP contribution in [0.25, 0.3) is 0 Å². The van der Waals surface area contributed by atoms with Crippen molar-refractivity contribution >= 4 is 5.78 Å². The van der Waals surface area contributed by atoms with Crippen LogP contribution >= 0.6 is 0 Å². The van der Waals surface area contributed by atoms with Gasteiger partial charge in [0.05, 0.1) is 0 Å². The smallest absolute Gasteiger partial charge is 0.231 e. The zero-order valence-corrected chi connectivity index (χ0v) is 7.59. The minimum Gasteiger partial charge on any atom is -0.454 e. The zero-order valence-electron chi connectivity index (χ0n) is 7.59. The Morgan fingerprint density at radius 3 is 2.85 bits per heavy atom. The molecule has 0 radical (unpaired) electrons. The zero-order chi connectivity index (χ0) is 9.42. The quantitative estimate of drug-likeness (QED) is 0.616. The number of Topliss-reactive ketones (excluding diaryl/α,β-unsaturated/α-hetero) is 1. The molecule has 3 heteroatoms. The van der Waals surface area contributed by atoms with Crippen molar-refractivity contribution in [1.82, 2.24) is 0 Å². The summed E-state index contributed by atoms with van der Waals surface area (Å²) < 4.78 is 10.4. The molecule has 0 atom stereocenters. The lowest BCUT2D eigenvalue weighted by molar-refractivity contribution is 0.101. The molecular weight excluding hydrogens is 168 g/mol. The molecule has 1 aromatic rings. The minimum absolute atomic E-state index is 0.0517. The number of rotatable bonds is 1. The lowest BCUT2D eigenvalue weighted by Crippen LogP contribution is -1.97. The van der Waals surface area contributed by atoms with Gasteiger partial charge in [-0.2, -0.15) is 0 Å². The maximum absolute atomic E-state index is 11.2. The third-order valence-corrected chi connectivity index (χ3v) is 2.17. The van der Waals surface area contributed by atoms with Crippen LogP contribution in [0.5, 0.6) is 11.5 Å². The topological polar surface area (TPSA) is 35.5 Å². The van der Waals surface area contributed by atoms with Crippen LogP contribution < -0.4 is 9.47 Å². The monoisotopic (exact) mass is 178 g/mol. The van der Waals surface area contributed by atoms with Gasteiger partial charge in [0.15, 0.2) is 17.3 Å². The fraction of sp³-hybridized carbons (Fsp3) is 0.300. The van der Waals surface area contributed by atoms with Crippen molar-refractivity contribution in [2.75, 3.05) is 6.79 Å². The van der Waals surface area contributed by atoms with E-state index in [0.717, 1.165) is 11.3 Å². The van der Waals surface area contributed by atoms with Crippen molar-refractivity contribution < 1.29 is 14.3 Å². The molecule has 1 aromatic carbocycles. The van der Waals surface area contributed by atoms with Crippen molar-refractivity contribution in [1.29, 1.82) is 0 Å². The molecule has 3 nitrogen and oxygen atoms in total. The summed E-state index contributed by atoms with van der Waals surface area (Å²) in [5.41, 5.74) is 1.56. The second kappa shape index (κ2) is 2.76. The fourth-order valence-electron chi connectivity index (χ4n) is 1.49. The van der Waals surface area contributed by atoms with Gasteiger partial charge in [-0.1, -0.05) is 0 Å². The van der Waals surface area contributed by atoms with E-state index in [2.05, 4.69) is 0 Å². The Hall–Kier alpha value is -1.51. The second-order valence-electron chi connectivity index (χ2n) is 3.03. The fourth-order valence-corrected chi connectivity index (χ4v) is 1.49. The van der Waals surface area contributed by atoms with E-state index in [-0.39, 0.29) is 12.6 Å². The first kappa shape index (κ1) is 8.10. The summed E-state index contributed by atoms with van der Waals surface area (Å²) >= 11 is 0. The third kappa shape index (κ3) is 1.16. The third-order valence-electron chi connectivity index (χ3n) is 2.17. The highest BCUT2D eigenvalue weighted by Crippen LogP contribution is 2.36. The SMILES string of the molecule is CC(=O)c1ccc2c(c1C)OCO2. The molecule has 0 aliphatic carbocycles. The average molecular weight is 178 g/mol. The molecule has 1 aliphatic heterocycles. The van der Waals surface area contributed by atoms with Crippen LogP contribution in [0.3, 0.4) is 0 Å². The molecule has 0 saturated heterocycles. The van der Waals surface area contributed by atoms with Crippen LogP contribution in [0.15, 0.2) is 12.1 Å². The molecular formula is C10H10O3. The Balaban J connectivity index is 2.59. The van der Waals surface area contributed by atoms with E-state index < -0.39 is 0 Å².